The Bertz CT molecular complexity index is 881. The molecule has 1 aliphatic heterocycles. The topological polar surface area (TPSA) is 49.0 Å². The maximum atomic E-state index is 13.7. The second-order valence-corrected chi connectivity index (χ2v) is 5.58. The first-order chi connectivity index (χ1) is 11.0. The van der Waals surface area contributed by atoms with E-state index in [9.17, 15) is 9.18 Å². The van der Waals surface area contributed by atoms with Crippen LogP contribution in [0.3, 0.4) is 0 Å². The van der Waals surface area contributed by atoms with Gasteiger partial charge in [0, 0.05) is 11.3 Å². The van der Waals surface area contributed by atoms with E-state index in [4.69, 9.17) is 0 Å². The number of nitrogens with one attached hydrogen (secondary N) is 1. The van der Waals surface area contributed by atoms with Gasteiger partial charge >= 0.3 is 0 Å². The molecular weight excluding hydrogens is 293 g/mol. The molecule has 1 amide bonds. The minimum Gasteiger partial charge on any atom is -0.348 e. The summed E-state index contributed by atoms with van der Waals surface area (Å²) in [4.78, 5) is 21.4. The third-order valence-electron chi connectivity index (χ3n) is 3.59. The van der Waals surface area contributed by atoms with Crippen molar-refractivity contribution in [3.05, 3.63) is 64.8 Å². The highest BCUT2D eigenvalue weighted by Gasteiger charge is 2.31. The number of rotatable bonds is 2. The first-order valence-corrected chi connectivity index (χ1v) is 7.22. The molecule has 4 nitrogen and oxygen atoms in total. The zero-order valence-corrected chi connectivity index (χ0v) is 13.1. The summed E-state index contributed by atoms with van der Waals surface area (Å²) in [6, 6.07) is 4.32. The highest BCUT2D eigenvalue weighted by molar-refractivity contribution is 6.36. The molecule has 0 fully saturated rings. The molecule has 2 aromatic rings. The molecule has 0 saturated heterocycles. The van der Waals surface area contributed by atoms with E-state index in [2.05, 4.69) is 15.7 Å². The fraction of sp³-hybridized carbons (Fsp3) is 0.167. The molecule has 0 radical (unpaired) electrons. The van der Waals surface area contributed by atoms with Gasteiger partial charge in [-0.3, -0.25) is 9.69 Å². The fourth-order valence-electron chi connectivity index (χ4n) is 2.40. The number of nitrogens with zero attached hydrogens (tertiary/aromatic N) is 2. The van der Waals surface area contributed by atoms with Crippen molar-refractivity contribution in [2.45, 2.75) is 20.8 Å². The van der Waals surface area contributed by atoms with Crippen molar-refractivity contribution in [1.29, 1.82) is 0 Å². The third kappa shape index (κ3) is 2.74. The highest BCUT2D eigenvalue weighted by atomic mass is 19.1. The van der Waals surface area contributed by atoms with Crippen LogP contribution in [-0.2, 0) is 4.79 Å². The number of aromatic nitrogens is 2. The van der Waals surface area contributed by atoms with Crippen LogP contribution >= 0.6 is 0 Å². The maximum Gasteiger partial charge on any atom is 0.263 e. The SMILES string of the molecule is CC(C)=C=CN1C(=O)/C(=C\c2nc[nH]c2C)c2cc(F)ccc21. The summed E-state index contributed by atoms with van der Waals surface area (Å²) < 4.78 is 13.7. The molecule has 1 aliphatic rings. The minimum absolute atomic E-state index is 0.221. The number of aromatic amines is 1. The van der Waals surface area contributed by atoms with E-state index in [1.54, 1.807) is 24.7 Å². The van der Waals surface area contributed by atoms with Gasteiger partial charge in [0.1, 0.15) is 5.82 Å². The Labute approximate surface area is 133 Å². The number of benzene rings is 1. The number of hydrogen-bond donors (Lipinski definition) is 1. The van der Waals surface area contributed by atoms with Crippen LogP contribution in [0.1, 0.15) is 30.8 Å². The van der Waals surface area contributed by atoms with E-state index in [1.165, 1.54) is 17.0 Å². The molecular formula is C18H16FN3O. The molecule has 1 aromatic heterocycles. The molecule has 5 heteroatoms. The van der Waals surface area contributed by atoms with Crippen LogP contribution in [0.15, 0.2) is 42.0 Å². The molecule has 1 N–H and O–H groups in total. The summed E-state index contributed by atoms with van der Waals surface area (Å²) in [7, 11) is 0. The van der Waals surface area contributed by atoms with Crippen LogP contribution in [0.5, 0.6) is 0 Å². The second kappa shape index (κ2) is 5.71. The van der Waals surface area contributed by atoms with Crippen molar-refractivity contribution in [3.63, 3.8) is 0 Å². The van der Waals surface area contributed by atoms with E-state index in [0.29, 0.717) is 22.5 Å². The molecule has 0 bridgehead atoms. The molecule has 116 valence electrons. The number of hydrogen-bond acceptors (Lipinski definition) is 2. The summed E-state index contributed by atoms with van der Waals surface area (Å²) in [5, 5.41) is 0. The van der Waals surface area contributed by atoms with Gasteiger partial charge in [0.05, 0.1) is 29.5 Å². The van der Waals surface area contributed by atoms with Gasteiger partial charge < -0.3 is 4.98 Å². The van der Waals surface area contributed by atoms with Crippen LogP contribution in [0, 0.1) is 12.7 Å². The number of anilines is 1. The van der Waals surface area contributed by atoms with Crippen molar-refractivity contribution in [2.75, 3.05) is 4.90 Å². The van der Waals surface area contributed by atoms with Gasteiger partial charge in [0.25, 0.3) is 5.91 Å². The third-order valence-corrected chi connectivity index (χ3v) is 3.59. The van der Waals surface area contributed by atoms with Crippen LogP contribution in [0.25, 0.3) is 11.6 Å². The number of aryl methyl sites for hydroxylation is 1. The standard InChI is InChI=1S/C18H16FN3O/c1-11(2)6-7-22-17-5-4-13(19)8-14(17)15(18(22)23)9-16-12(3)20-10-21-16/h4-5,7-10H,1-3H3,(H,20,21)/b15-9-. The van der Waals surface area contributed by atoms with Gasteiger partial charge in [0.15, 0.2) is 0 Å². The largest absolute Gasteiger partial charge is 0.348 e. The number of imidazole rings is 1. The zero-order chi connectivity index (χ0) is 16.6. The number of carbonyl (C=O) groups excluding carboxylic acids is 1. The van der Waals surface area contributed by atoms with Gasteiger partial charge in [-0.25, -0.2) is 9.37 Å². The summed E-state index contributed by atoms with van der Waals surface area (Å²) in [5.74, 6) is -0.601. The van der Waals surface area contributed by atoms with E-state index < -0.39 is 0 Å². The zero-order valence-electron chi connectivity index (χ0n) is 13.1. The van der Waals surface area contributed by atoms with Gasteiger partial charge in [-0.1, -0.05) is 0 Å². The lowest BCUT2D eigenvalue weighted by Gasteiger charge is -2.09. The molecule has 1 aromatic carbocycles. The number of carbonyl (C=O) groups is 1. The summed E-state index contributed by atoms with van der Waals surface area (Å²) >= 11 is 0. The van der Waals surface area contributed by atoms with E-state index in [-0.39, 0.29) is 11.7 Å². The lowest BCUT2D eigenvalue weighted by Crippen LogP contribution is -2.19. The van der Waals surface area contributed by atoms with Crippen molar-refractivity contribution in [1.82, 2.24) is 9.97 Å². The lowest BCUT2D eigenvalue weighted by molar-refractivity contribution is -0.112. The first kappa shape index (κ1) is 15.0. The summed E-state index contributed by atoms with van der Waals surface area (Å²) in [6.07, 6.45) is 4.84. The number of fused-ring (bicyclic) bond motifs is 1. The number of amides is 1. The predicted octanol–water partition coefficient (Wildman–Crippen LogP) is 3.82. The quantitative estimate of drug-likeness (QED) is 0.677. The lowest BCUT2D eigenvalue weighted by atomic mass is 10.1. The van der Waals surface area contributed by atoms with Crippen LogP contribution in [0.4, 0.5) is 10.1 Å². The van der Waals surface area contributed by atoms with E-state index in [0.717, 1.165) is 11.3 Å². The summed E-state index contributed by atoms with van der Waals surface area (Å²) in [6.45, 7) is 5.66. The number of halogens is 1. The highest BCUT2D eigenvalue weighted by Crippen LogP contribution is 2.38. The molecule has 23 heavy (non-hydrogen) atoms. The minimum atomic E-state index is -0.380. The van der Waals surface area contributed by atoms with Gasteiger partial charge in [0.2, 0.25) is 0 Å². The number of allylic oxidation sites excluding steroid dienone is 1. The smallest absolute Gasteiger partial charge is 0.263 e. The van der Waals surface area contributed by atoms with Crippen LogP contribution < -0.4 is 4.90 Å². The Morgan fingerprint density at radius 2 is 2.17 bits per heavy atom. The Kier molecular flexibility index (Phi) is 3.72. The van der Waals surface area contributed by atoms with Crippen molar-refractivity contribution in [2.24, 2.45) is 0 Å². The molecule has 0 aliphatic carbocycles. The molecule has 0 spiro atoms. The van der Waals surface area contributed by atoms with Crippen LogP contribution in [-0.4, -0.2) is 15.9 Å². The fourth-order valence-corrected chi connectivity index (χ4v) is 2.40. The molecule has 0 atom stereocenters. The number of H-pyrrole nitrogens is 1. The van der Waals surface area contributed by atoms with E-state index in [1.807, 2.05) is 20.8 Å². The first-order valence-electron chi connectivity index (χ1n) is 7.22. The molecule has 3 rings (SSSR count). The molecule has 0 unspecified atom stereocenters. The average molecular weight is 309 g/mol. The van der Waals surface area contributed by atoms with Gasteiger partial charge in [-0.2, -0.15) is 0 Å². The monoisotopic (exact) mass is 309 g/mol. The van der Waals surface area contributed by atoms with Crippen LogP contribution in [0.2, 0.25) is 0 Å². The maximum absolute atomic E-state index is 13.7. The Hall–Kier alpha value is -2.91. The molecule has 0 saturated carbocycles. The Morgan fingerprint density at radius 1 is 1.39 bits per heavy atom. The Balaban J connectivity index is 2.18. The average Bonchev–Trinajstić information content (AvgIpc) is 3.00. The Morgan fingerprint density at radius 3 is 2.83 bits per heavy atom. The van der Waals surface area contributed by atoms with Crippen molar-refractivity contribution in [3.8, 4) is 0 Å². The van der Waals surface area contributed by atoms with E-state index >= 15 is 0 Å². The normalized spacial score (nSPS) is 14.9. The van der Waals surface area contributed by atoms with Crippen molar-refractivity contribution >= 4 is 23.2 Å². The second-order valence-electron chi connectivity index (χ2n) is 5.58. The molecule has 2 heterocycles. The predicted molar refractivity (Wildman–Crippen MR) is 88.0 cm³/mol. The summed E-state index contributed by atoms with van der Waals surface area (Å²) in [5.41, 5.74) is 7.10. The van der Waals surface area contributed by atoms with Gasteiger partial charge in [-0.05, 0) is 50.6 Å². The van der Waals surface area contributed by atoms with Crippen molar-refractivity contribution < 1.29 is 9.18 Å². The van der Waals surface area contributed by atoms with Gasteiger partial charge in [-0.15, -0.1) is 5.73 Å².